The van der Waals surface area contributed by atoms with Gasteiger partial charge in [0.25, 0.3) is 5.91 Å². The summed E-state index contributed by atoms with van der Waals surface area (Å²) in [6, 6.07) is 7.20. The van der Waals surface area contributed by atoms with Crippen molar-refractivity contribution in [2.45, 2.75) is 6.42 Å². The van der Waals surface area contributed by atoms with Crippen molar-refractivity contribution in [1.82, 2.24) is 0 Å². The maximum Gasteiger partial charge on any atom is 0.253 e. The largest absolute Gasteiger partial charge is 0.296 e. The Kier molecular flexibility index (Phi) is 2.64. The number of amides is 1. The van der Waals surface area contributed by atoms with Gasteiger partial charge in [0.05, 0.1) is 12.1 Å². The van der Waals surface area contributed by atoms with E-state index < -0.39 is 0 Å². The summed E-state index contributed by atoms with van der Waals surface area (Å²) < 4.78 is 0.863. The van der Waals surface area contributed by atoms with Gasteiger partial charge in [0.1, 0.15) is 5.71 Å². The smallest absolute Gasteiger partial charge is 0.253 e. The number of anilines is 1. The van der Waals surface area contributed by atoms with Crippen LogP contribution in [0.3, 0.4) is 0 Å². The predicted molar refractivity (Wildman–Crippen MR) is 59.7 cm³/mol. The van der Waals surface area contributed by atoms with Gasteiger partial charge < -0.3 is 0 Å². The van der Waals surface area contributed by atoms with Crippen molar-refractivity contribution in [1.29, 1.82) is 0 Å². The molecule has 0 fully saturated rings. The molecule has 1 aromatic carbocycles. The average molecular weight is 267 g/mol. The summed E-state index contributed by atoms with van der Waals surface area (Å²) >= 11 is 3.31. The van der Waals surface area contributed by atoms with Crippen molar-refractivity contribution in [3.8, 4) is 0 Å². The summed E-state index contributed by atoms with van der Waals surface area (Å²) in [6.07, 6.45) is 0.686. The summed E-state index contributed by atoms with van der Waals surface area (Å²) in [4.78, 5) is 22.0. The van der Waals surface area contributed by atoms with E-state index >= 15 is 0 Å². The Bertz CT molecular complexity index is 456. The molecule has 0 unspecified atom stereocenters. The highest BCUT2D eigenvalue weighted by Crippen LogP contribution is 2.23. The summed E-state index contributed by atoms with van der Waals surface area (Å²) in [5, 5.41) is 5.16. The van der Waals surface area contributed by atoms with Gasteiger partial charge in [-0.25, -0.2) is 5.01 Å². The molecule has 1 aromatic rings. The zero-order valence-electron chi connectivity index (χ0n) is 7.68. The molecule has 1 amide bonds. The van der Waals surface area contributed by atoms with Gasteiger partial charge in [0, 0.05) is 4.47 Å². The number of nitrogens with zero attached hydrogens (tertiary/aromatic N) is 2. The average Bonchev–Trinajstić information content (AvgIpc) is 2.60. The number of hydrazone groups is 1. The summed E-state index contributed by atoms with van der Waals surface area (Å²) in [7, 11) is 0. The molecule has 0 saturated heterocycles. The quantitative estimate of drug-likeness (QED) is 0.766. The van der Waals surface area contributed by atoms with Crippen LogP contribution in [0.2, 0.25) is 0 Å². The van der Waals surface area contributed by atoms with Gasteiger partial charge in [-0.05, 0) is 18.2 Å². The molecule has 2 rings (SSSR count). The third-order valence-electron chi connectivity index (χ3n) is 1.99. The third-order valence-corrected chi connectivity index (χ3v) is 2.48. The van der Waals surface area contributed by atoms with Crippen LogP contribution in [0.15, 0.2) is 33.8 Å². The van der Waals surface area contributed by atoms with Gasteiger partial charge in [-0.15, -0.1) is 0 Å². The van der Waals surface area contributed by atoms with Gasteiger partial charge in [-0.2, -0.15) is 5.10 Å². The van der Waals surface area contributed by atoms with E-state index in [0.717, 1.165) is 4.47 Å². The van der Waals surface area contributed by atoms with Crippen molar-refractivity contribution in [3.63, 3.8) is 0 Å². The predicted octanol–water partition coefficient (Wildman–Crippen LogP) is 1.74. The van der Waals surface area contributed by atoms with E-state index in [1.54, 1.807) is 18.2 Å². The Morgan fingerprint density at radius 3 is 2.87 bits per heavy atom. The van der Waals surface area contributed by atoms with Crippen LogP contribution in [-0.2, 0) is 9.59 Å². The topological polar surface area (TPSA) is 49.7 Å². The number of carbonyl (C=O) groups is 2. The number of hydrogen-bond acceptors (Lipinski definition) is 3. The highest BCUT2D eigenvalue weighted by Gasteiger charge is 2.24. The maximum atomic E-state index is 11.5. The summed E-state index contributed by atoms with van der Waals surface area (Å²) in [5.41, 5.74) is 0.922. The normalized spacial score (nSPS) is 15.4. The molecule has 1 aliphatic rings. The van der Waals surface area contributed by atoms with Crippen LogP contribution in [0.4, 0.5) is 5.69 Å². The zero-order chi connectivity index (χ0) is 10.8. The second-order valence-electron chi connectivity index (χ2n) is 3.07. The molecule has 1 aliphatic heterocycles. The Hall–Kier alpha value is -1.49. The van der Waals surface area contributed by atoms with Crippen molar-refractivity contribution in [2.24, 2.45) is 5.10 Å². The van der Waals surface area contributed by atoms with E-state index in [1.165, 1.54) is 5.01 Å². The van der Waals surface area contributed by atoms with Gasteiger partial charge in [-0.3, -0.25) is 9.59 Å². The second kappa shape index (κ2) is 3.94. The van der Waals surface area contributed by atoms with Gasteiger partial charge in [0.15, 0.2) is 6.29 Å². The molecular formula is C10H7BrN2O2. The first-order valence-electron chi connectivity index (χ1n) is 4.32. The van der Waals surface area contributed by atoms with Gasteiger partial charge in [0.2, 0.25) is 0 Å². The minimum atomic E-state index is -0.185. The fraction of sp³-hybridized carbons (Fsp3) is 0.100. The molecule has 0 radical (unpaired) electrons. The van der Waals surface area contributed by atoms with Crippen molar-refractivity contribution in [2.75, 3.05) is 5.01 Å². The Morgan fingerprint density at radius 2 is 2.27 bits per heavy atom. The van der Waals surface area contributed by atoms with Gasteiger partial charge in [-0.1, -0.05) is 22.0 Å². The fourth-order valence-electron chi connectivity index (χ4n) is 1.32. The fourth-order valence-corrected chi connectivity index (χ4v) is 1.71. The summed E-state index contributed by atoms with van der Waals surface area (Å²) in [6.45, 7) is 0. The molecule has 0 aromatic heterocycles. The van der Waals surface area contributed by atoms with Crippen LogP contribution in [-0.4, -0.2) is 17.9 Å². The van der Waals surface area contributed by atoms with E-state index in [4.69, 9.17) is 0 Å². The monoisotopic (exact) mass is 266 g/mol. The highest BCUT2D eigenvalue weighted by molar-refractivity contribution is 9.10. The number of carbonyl (C=O) groups excluding carboxylic acids is 2. The van der Waals surface area contributed by atoms with Crippen LogP contribution in [0.1, 0.15) is 6.42 Å². The Labute approximate surface area is 94.7 Å². The minimum Gasteiger partial charge on any atom is -0.296 e. The highest BCUT2D eigenvalue weighted by atomic mass is 79.9. The molecule has 0 N–H and O–H groups in total. The Morgan fingerprint density at radius 1 is 1.47 bits per heavy atom. The first kappa shape index (κ1) is 10.0. The molecule has 0 bridgehead atoms. The van der Waals surface area contributed by atoms with Crippen LogP contribution in [0.25, 0.3) is 0 Å². The van der Waals surface area contributed by atoms with Crippen LogP contribution in [0.5, 0.6) is 0 Å². The molecular weight excluding hydrogens is 260 g/mol. The van der Waals surface area contributed by atoms with Gasteiger partial charge >= 0.3 is 0 Å². The summed E-state index contributed by atoms with van der Waals surface area (Å²) in [5.74, 6) is -0.185. The second-order valence-corrected chi connectivity index (χ2v) is 3.99. The minimum absolute atomic E-state index is 0.0794. The first-order chi connectivity index (χ1) is 7.20. The lowest BCUT2D eigenvalue weighted by molar-refractivity contribution is -0.117. The lowest BCUT2D eigenvalue weighted by atomic mass is 10.3. The standard InChI is InChI=1S/C10H7BrN2O2/c11-7-2-1-3-9(4-7)13-10(15)5-8(6-14)12-13/h1-4,6H,5H2. The molecule has 4 nitrogen and oxygen atoms in total. The van der Waals surface area contributed by atoms with Crippen LogP contribution >= 0.6 is 15.9 Å². The molecule has 0 spiro atoms. The van der Waals surface area contributed by atoms with Crippen molar-refractivity contribution in [3.05, 3.63) is 28.7 Å². The molecule has 5 heteroatoms. The van der Waals surface area contributed by atoms with E-state index in [1.807, 2.05) is 6.07 Å². The number of benzene rings is 1. The number of aldehydes is 1. The van der Waals surface area contributed by atoms with Crippen molar-refractivity contribution < 1.29 is 9.59 Å². The molecule has 0 atom stereocenters. The Balaban J connectivity index is 2.35. The zero-order valence-corrected chi connectivity index (χ0v) is 9.27. The van der Waals surface area contributed by atoms with E-state index in [-0.39, 0.29) is 18.0 Å². The lowest BCUT2D eigenvalue weighted by Gasteiger charge is -2.11. The lowest BCUT2D eigenvalue weighted by Crippen LogP contribution is -2.19. The number of hydrogen-bond donors (Lipinski definition) is 0. The number of halogens is 1. The van der Waals surface area contributed by atoms with Crippen molar-refractivity contribution >= 4 is 39.5 Å². The molecule has 0 aliphatic carbocycles. The SMILES string of the molecule is O=CC1=NN(c2cccc(Br)c2)C(=O)C1. The van der Waals surface area contributed by atoms with Crippen LogP contribution in [0, 0.1) is 0 Å². The first-order valence-corrected chi connectivity index (χ1v) is 5.11. The molecule has 15 heavy (non-hydrogen) atoms. The molecule has 76 valence electrons. The third kappa shape index (κ3) is 1.97. The van der Waals surface area contributed by atoms with E-state index in [2.05, 4.69) is 21.0 Å². The molecule has 0 saturated carbocycles. The van der Waals surface area contributed by atoms with E-state index in [0.29, 0.717) is 12.0 Å². The van der Waals surface area contributed by atoms with Crippen LogP contribution < -0.4 is 5.01 Å². The number of rotatable bonds is 2. The maximum absolute atomic E-state index is 11.5. The van der Waals surface area contributed by atoms with E-state index in [9.17, 15) is 9.59 Å². The molecule has 1 heterocycles.